The molecule has 17 heavy (non-hydrogen) atoms. The van der Waals surface area contributed by atoms with Crippen LogP contribution in [0.1, 0.15) is 5.56 Å². The average Bonchev–Trinajstić information content (AvgIpc) is 2.33. The first-order valence-electron chi connectivity index (χ1n) is 4.99. The van der Waals surface area contributed by atoms with Gasteiger partial charge in [-0.2, -0.15) is 0 Å². The van der Waals surface area contributed by atoms with Crippen molar-refractivity contribution in [2.75, 3.05) is 0 Å². The highest BCUT2D eigenvalue weighted by Crippen LogP contribution is 2.21. The molecule has 2 aromatic carbocycles. The Morgan fingerprint density at radius 1 is 1.06 bits per heavy atom. The third-order valence-electron chi connectivity index (χ3n) is 2.11. The van der Waals surface area contributed by atoms with Crippen molar-refractivity contribution >= 4 is 6.21 Å². The van der Waals surface area contributed by atoms with E-state index < -0.39 is 0 Å². The summed E-state index contributed by atoms with van der Waals surface area (Å²) in [5, 5.41) is 11.4. The lowest BCUT2D eigenvalue weighted by Gasteiger charge is -2.05. The van der Waals surface area contributed by atoms with Gasteiger partial charge in [-0.05, 0) is 42.0 Å². The molecule has 0 heterocycles. The molecule has 0 aliphatic rings. The van der Waals surface area contributed by atoms with Crippen LogP contribution in [0.3, 0.4) is 0 Å². The second-order valence-corrected chi connectivity index (χ2v) is 3.37. The lowest BCUT2D eigenvalue weighted by atomic mass is 10.2. The maximum atomic E-state index is 12.7. The minimum absolute atomic E-state index is 0.307. The van der Waals surface area contributed by atoms with E-state index in [2.05, 4.69) is 5.16 Å². The highest BCUT2D eigenvalue weighted by Gasteiger charge is 1.98. The number of halogens is 1. The van der Waals surface area contributed by atoms with Crippen LogP contribution < -0.4 is 4.74 Å². The van der Waals surface area contributed by atoms with Gasteiger partial charge in [0.05, 0.1) is 6.21 Å². The van der Waals surface area contributed by atoms with Crippen molar-refractivity contribution in [1.82, 2.24) is 0 Å². The Hall–Kier alpha value is -2.36. The number of benzene rings is 2. The summed E-state index contributed by atoms with van der Waals surface area (Å²) in [6.07, 6.45) is 1.30. The molecule has 0 aliphatic carbocycles. The molecule has 3 nitrogen and oxygen atoms in total. The van der Waals surface area contributed by atoms with E-state index in [1.165, 1.54) is 18.3 Å². The summed E-state index contributed by atoms with van der Waals surface area (Å²) in [7, 11) is 0. The van der Waals surface area contributed by atoms with Gasteiger partial charge < -0.3 is 9.94 Å². The third-order valence-corrected chi connectivity index (χ3v) is 2.11. The van der Waals surface area contributed by atoms with Crippen LogP contribution in [0.4, 0.5) is 4.39 Å². The maximum Gasteiger partial charge on any atom is 0.128 e. The SMILES string of the molecule is O/N=C\c1cccc(Oc2ccc(F)cc2)c1. The predicted octanol–water partition coefficient (Wildman–Crippen LogP) is 3.43. The van der Waals surface area contributed by atoms with Gasteiger partial charge in [0.1, 0.15) is 17.3 Å². The number of oxime groups is 1. The van der Waals surface area contributed by atoms with Gasteiger partial charge in [-0.3, -0.25) is 0 Å². The minimum Gasteiger partial charge on any atom is -0.457 e. The molecule has 0 saturated carbocycles. The van der Waals surface area contributed by atoms with Crippen LogP contribution in [-0.2, 0) is 0 Å². The first-order chi connectivity index (χ1) is 8.28. The molecule has 0 spiro atoms. The largest absolute Gasteiger partial charge is 0.457 e. The van der Waals surface area contributed by atoms with Gasteiger partial charge in [0, 0.05) is 0 Å². The second kappa shape index (κ2) is 5.12. The predicted molar refractivity (Wildman–Crippen MR) is 62.3 cm³/mol. The van der Waals surface area contributed by atoms with Crippen molar-refractivity contribution in [3.05, 3.63) is 59.9 Å². The Morgan fingerprint density at radius 2 is 1.82 bits per heavy atom. The van der Waals surface area contributed by atoms with Crippen LogP contribution >= 0.6 is 0 Å². The average molecular weight is 231 g/mol. The lowest BCUT2D eigenvalue weighted by Crippen LogP contribution is -1.87. The van der Waals surface area contributed by atoms with Crippen molar-refractivity contribution < 1.29 is 14.3 Å². The second-order valence-electron chi connectivity index (χ2n) is 3.37. The highest BCUT2D eigenvalue weighted by atomic mass is 19.1. The van der Waals surface area contributed by atoms with E-state index in [1.54, 1.807) is 36.4 Å². The Bertz CT molecular complexity index is 523. The standard InChI is InChI=1S/C13H10FNO2/c14-11-4-6-12(7-5-11)17-13-3-1-2-10(8-13)9-15-16/h1-9,16H/b15-9-. The summed E-state index contributed by atoms with van der Waals surface area (Å²) < 4.78 is 18.2. The highest BCUT2D eigenvalue weighted by molar-refractivity contribution is 5.79. The fraction of sp³-hybridized carbons (Fsp3) is 0. The molecule has 0 bridgehead atoms. The van der Waals surface area contributed by atoms with E-state index >= 15 is 0 Å². The molecule has 4 heteroatoms. The molecular formula is C13H10FNO2. The van der Waals surface area contributed by atoms with Gasteiger partial charge in [0.2, 0.25) is 0 Å². The summed E-state index contributed by atoms with van der Waals surface area (Å²) in [6.45, 7) is 0. The summed E-state index contributed by atoms with van der Waals surface area (Å²) in [6, 6.07) is 12.8. The zero-order valence-electron chi connectivity index (χ0n) is 8.88. The molecule has 0 aliphatic heterocycles. The van der Waals surface area contributed by atoms with E-state index in [0.29, 0.717) is 17.1 Å². The van der Waals surface area contributed by atoms with E-state index in [-0.39, 0.29) is 5.82 Å². The Balaban J connectivity index is 2.18. The molecular weight excluding hydrogens is 221 g/mol. The molecule has 0 unspecified atom stereocenters. The number of nitrogens with zero attached hydrogens (tertiary/aromatic N) is 1. The minimum atomic E-state index is -0.307. The van der Waals surface area contributed by atoms with Crippen molar-refractivity contribution in [2.45, 2.75) is 0 Å². The molecule has 0 aromatic heterocycles. The monoisotopic (exact) mass is 231 g/mol. The van der Waals surface area contributed by atoms with Crippen molar-refractivity contribution in [2.24, 2.45) is 5.16 Å². The van der Waals surface area contributed by atoms with Crippen molar-refractivity contribution in [3.63, 3.8) is 0 Å². The normalized spacial score (nSPS) is 10.6. The van der Waals surface area contributed by atoms with Crippen molar-refractivity contribution in [3.8, 4) is 11.5 Å². The lowest BCUT2D eigenvalue weighted by molar-refractivity contribution is 0.322. The number of rotatable bonds is 3. The molecule has 86 valence electrons. The van der Waals surface area contributed by atoms with Crippen LogP contribution in [0, 0.1) is 5.82 Å². The van der Waals surface area contributed by atoms with Crippen molar-refractivity contribution in [1.29, 1.82) is 0 Å². The van der Waals surface area contributed by atoms with Crippen LogP contribution in [-0.4, -0.2) is 11.4 Å². The van der Waals surface area contributed by atoms with Gasteiger partial charge in [-0.1, -0.05) is 17.3 Å². The van der Waals surface area contributed by atoms with Gasteiger partial charge in [0.15, 0.2) is 0 Å². The third kappa shape index (κ3) is 3.04. The van der Waals surface area contributed by atoms with Crippen LogP contribution in [0.15, 0.2) is 53.7 Å². The summed E-state index contributed by atoms with van der Waals surface area (Å²) in [5.74, 6) is 0.831. The zero-order valence-corrected chi connectivity index (χ0v) is 8.88. The van der Waals surface area contributed by atoms with Crippen LogP contribution in [0.5, 0.6) is 11.5 Å². The summed E-state index contributed by atoms with van der Waals surface area (Å²) in [4.78, 5) is 0. The Kier molecular flexibility index (Phi) is 3.35. The first kappa shape index (κ1) is 11.1. The topological polar surface area (TPSA) is 41.8 Å². The van der Waals surface area contributed by atoms with E-state index in [1.807, 2.05) is 0 Å². The number of hydrogen-bond acceptors (Lipinski definition) is 3. The summed E-state index contributed by atoms with van der Waals surface area (Å²) >= 11 is 0. The van der Waals surface area contributed by atoms with Crippen LogP contribution in [0.25, 0.3) is 0 Å². The van der Waals surface area contributed by atoms with E-state index in [4.69, 9.17) is 9.94 Å². The molecule has 0 fully saturated rings. The first-order valence-corrected chi connectivity index (χ1v) is 4.99. The fourth-order valence-corrected chi connectivity index (χ4v) is 1.36. The van der Waals surface area contributed by atoms with Crippen LogP contribution in [0.2, 0.25) is 0 Å². The zero-order chi connectivity index (χ0) is 12.1. The van der Waals surface area contributed by atoms with Gasteiger partial charge >= 0.3 is 0 Å². The fourth-order valence-electron chi connectivity index (χ4n) is 1.36. The smallest absolute Gasteiger partial charge is 0.128 e. The molecule has 0 radical (unpaired) electrons. The van der Waals surface area contributed by atoms with E-state index in [0.717, 1.165) is 0 Å². The Labute approximate surface area is 97.8 Å². The van der Waals surface area contributed by atoms with Gasteiger partial charge in [-0.25, -0.2) is 4.39 Å². The molecule has 2 rings (SSSR count). The van der Waals surface area contributed by atoms with Gasteiger partial charge in [-0.15, -0.1) is 0 Å². The molecule has 0 atom stereocenters. The molecule has 2 aromatic rings. The number of hydrogen-bond donors (Lipinski definition) is 1. The summed E-state index contributed by atoms with van der Waals surface area (Å²) in [5.41, 5.74) is 0.715. The van der Waals surface area contributed by atoms with Gasteiger partial charge in [0.25, 0.3) is 0 Å². The Morgan fingerprint density at radius 3 is 2.53 bits per heavy atom. The number of ether oxygens (including phenoxy) is 1. The maximum absolute atomic E-state index is 12.7. The quantitative estimate of drug-likeness (QED) is 0.499. The molecule has 0 amide bonds. The van der Waals surface area contributed by atoms with E-state index in [9.17, 15) is 4.39 Å². The molecule has 1 N–H and O–H groups in total. The molecule has 0 saturated heterocycles.